The molecular formula is C16H22N4OS. The number of amides is 2. The van der Waals surface area contributed by atoms with Crippen molar-refractivity contribution in [1.82, 2.24) is 20.0 Å². The summed E-state index contributed by atoms with van der Waals surface area (Å²) in [6, 6.07) is 5.88. The summed E-state index contributed by atoms with van der Waals surface area (Å²) >= 11 is 1.65. The molecule has 0 aliphatic rings. The Bertz CT molecular complexity index is 565. The van der Waals surface area contributed by atoms with Crippen LogP contribution < -0.4 is 5.32 Å². The van der Waals surface area contributed by atoms with Gasteiger partial charge in [-0.15, -0.1) is 17.9 Å². The predicted molar refractivity (Wildman–Crippen MR) is 89.7 cm³/mol. The van der Waals surface area contributed by atoms with Crippen molar-refractivity contribution in [3.05, 3.63) is 53.5 Å². The monoisotopic (exact) mass is 318 g/mol. The molecule has 2 aromatic heterocycles. The van der Waals surface area contributed by atoms with Crippen molar-refractivity contribution in [2.24, 2.45) is 5.92 Å². The predicted octanol–water partition coefficient (Wildman–Crippen LogP) is 2.98. The van der Waals surface area contributed by atoms with Gasteiger partial charge in [-0.2, -0.15) is 5.10 Å². The smallest absolute Gasteiger partial charge is 0.318 e. The maximum Gasteiger partial charge on any atom is 0.318 e. The summed E-state index contributed by atoms with van der Waals surface area (Å²) in [5, 5.41) is 9.19. The number of thiophene rings is 1. The molecule has 0 saturated heterocycles. The molecular weight excluding hydrogens is 296 g/mol. The Kier molecular flexibility index (Phi) is 6.21. The van der Waals surface area contributed by atoms with E-state index in [1.165, 1.54) is 4.88 Å². The molecule has 2 rings (SSSR count). The highest BCUT2D eigenvalue weighted by atomic mass is 32.1. The van der Waals surface area contributed by atoms with Crippen molar-refractivity contribution in [2.75, 3.05) is 13.1 Å². The van der Waals surface area contributed by atoms with E-state index in [9.17, 15) is 4.79 Å². The van der Waals surface area contributed by atoms with Gasteiger partial charge in [0.2, 0.25) is 0 Å². The minimum atomic E-state index is -0.0550. The Morgan fingerprint density at radius 3 is 3.09 bits per heavy atom. The Hall–Kier alpha value is -2.08. The van der Waals surface area contributed by atoms with E-state index in [4.69, 9.17) is 0 Å². The molecule has 22 heavy (non-hydrogen) atoms. The lowest BCUT2D eigenvalue weighted by molar-refractivity contribution is 0.199. The molecule has 1 unspecified atom stereocenters. The van der Waals surface area contributed by atoms with Crippen LogP contribution in [0.15, 0.2) is 48.6 Å². The fourth-order valence-electron chi connectivity index (χ4n) is 2.13. The van der Waals surface area contributed by atoms with Gasteiger partial charge in [-0.05, 0) is 23.4 Å². The van der Waals surface area contributed by atoms with Gasteiger partial charge in [-0.25, -0.2) is 4.79 Å². The van der Waals surface area contributed by atoms with E-state index in [-0.39, 0.29) is 6.03 Å². The summed E-state index contributed by atoms with van der Waals surface area (Å²) in [5.41, 5.74) is 0. The van der Waals surface area contributed by atoms with Gasteiger partial charge in [0.25, 0.3) is 0 Å². The molecule has 0 radical (unpaired) electrons. The Morgan fingerprint density at radius 1 is 1.59 bits per heavy atom. The molecule has 0 bridgehead atoms. The normalized spacial score (nSPS) is 11.9. The Balaban J connectivity index is 1.81. The molecule has 1 atom stereocenters. The average Bonchev–Trinajstić information content (AvgIpc) is 3.18. The topological polar surface area (TPSA) is 50.2 Å². The third-order valence-corrected chi connectivity index (χ3v) is 4.08. The summed E-state index contributed by atoms with van der Waals surface area (Å²) in [5.74, 6) is 0.316. The largest absolute Gasteiger partial charge is 0.338 e. The third-order valence-electron chi connectivity index (χ3n) is 3.22. The van der Waals surface area contributed by atoms with E-state index in [1.807, 2.05) is 34.5 Å². The first kappa shape index (κ1) is 16.3. The average molecular weight is 318 g/mol. The molecule has 0 aliphatic heterocycles. The van der Waals surface area contributed by atoms with Gasteiger partial charge >= 0.3 is 6.03 Å². The maximum atomic E-state index is 12.3. The molecule has 2 amide bonds. The molecule has 0 aromatic carbocycles. The highest BCUT2D eigenvalue weighted by Gasteiger charge is 2.14. The lowest BCUT2D eigenvalue weighted by Crippen LogP contribution is -2.41. The molecule has 1 N–H and O–H groups in total. The fourth-order valence-corrected chi connectivity index (χ4v) is 2.85. The van der Waals surface area contributed by atoms with Gasteiger partial charge in [-0.3, -0.25) is 4.68 Å². The molecule has 5 nitrogen and oxygen atoms in total. The van der Waals surface area contributed by atoms with Crippen LogP contribution in [0.4, 0.5) is 4.79 Å². The van der Waals surface area contributed by atoms with Crippen LogP contribution in [0.1, 0.15) is 11.8 Å². The number of carbonyl (C=O) groups excluding carboxylic acids is 1. The first-order valence-corrected chi connectivity index (χ1v) is 8.20. The van der Waals surface area contributed by atoms with Gasteiger partial charge in [0, 0.05) is 36.9 Å². The quantitative estimate of drug-likeness (QED) is 0.761. The number of nitrogens with zero attached hydrogens (tertiary/aromatic N) is 3. The number of hydrogen-bond donors (Lipinski definition) is 1. The van der Waals surface area contributed by atoms with Gasteiger partial charge in [0.15, 0.2) is 0 Å². The van der Waals surface area contributed by atoms with Crippen molar-refractivity contribution >= 4 is 17.4 Å². The molecule has 2 heterocycles. The Labute approximate surface area is 135 Å². The second-order valence-electron chi connectivity index (χ2n) is 5.27. The van der Waals surface area contributed by atoms with Crippen LogP contribution in [0, 0.1) is 5.92 Å². The standard InChI is InChI=1S/C16H22N4OS/c1-3-8-19(13-15-6-4-10-22-15)16(21)17-11-14(2)12-20-9-5-7-18-20/h3-7,9-10,14H,1,8,11-13H2,2H3,(H,17,21). The van der Waals surface area contributed by atoms with Crippen LogP contribution in [0.3, 0.4) is 0 Å². The maximum absolute atomic E-state index is 12.3. The van der Waals surface area contributed by atoms with E-state index in [0.717, 1.165) is 6.54 Å². The molecule has 0 aliphatic carbocycles. The van der Waals surface area contributed by atoms with Crippen LogP contribution in [0.2, 0.25) is 0 Å². The number of carbonyl (C=O) groups is 1. The van der Waals surface area contributed by atoms with Crippen LogP contribution in [-0.2, 0) is 13.1 Å². The van der Waals surface area contributed by atoms with Crippen LogP contribution >= 0.6 is 11.3 Å². The molecule has 0 spiro atoms. The van der Waals surface area contributed by atoms with Gasteiger partial charge in [-0.1, -0.05) is 19.1 Å². The van der Waals surface area contributed by atoms with Crippen LogP contribution in [0.25, 0.3) is 0 Å². The second-order valence-corrected chi connectivity index (χ2v) is 6.30. The summed E-state index contributed by atoms with van der Waals surface area (Å²) in [6.45, 7) is 8.39. The third kappa shape index (κ3) is 5.04. The lowest BCUT2D eigenvalue weighted by Gasteiger charge is -2.22. The highest BCUT2D eigenvalue weighted by Crippen LogP contribution is 2.12. The summed E-state index contributed by atoms with van der Waals surface area (Å²) in [4.78, 5) is 15.2. The number of urea groups is 1. The van der Waals surface area contributed by atoms with Gasteiger partial charge < -0.3 is 10.2 Å². The van der Waals surface area contributed by atoms with Gasteiger partial charge in [0.1, 0.15) is 0 Å². The minimum Gasteiger partial charge on any atom is -0.338 e. The van der Waals surface area contributed by atoms with Crippen LogP contribution in [0.5, 0.6) is 0 Å². The SMILES string of the molecule is C=CCN(Cc1cccs1)C(=O)NCC(C)Cn1cccn1. The number of nitrogens with one attached hydrogen (secondary N) is 1. The van der Waals surface area contributed by atoms with E-state index in [1.54, 1.807) is 28.5 Å². The van der Waals surface area contributed by atoms with E-state index in [0.29, 0.717) is 25.6 Å². The van der Waals surface area contributed by atoms with Gasteiger partial charge in [0.05, 0.1) is 6.54 Å². The zero-order valence-electron chi connectivity index (χ0n) is 12.8. The molecule has 0 fully saturated rings. The summed E-state index contributed by atoms with van der Waals surface area (Å²) in [7, 11) is 0. The highest BCUT2D eigenvalue weighted by molar-refractivity contribution is 7.09. The molecule has 118 valence electrons. The van der Waals surface area contributed by atoms with E-state index >= 15 is 0 Å². The molecule has 0 saturated carbocycles. The van der Waals surface area contributed by atoms with Crippen molar-refractivity contribution in [1.29, 1.82) is 0 Å². The lowest BCUT2D eigenvalue weighted by atomic mass is 10.2. The fraction of sp³-hybridized carbons (Fsp3) is 0.375. The second kappa shape index (κ2) is 8.38. The zero-order valence-corrected chi connectivity index (χ0v) is 13.6. The zero-order chi connectivity index (χ0) is 15.8. The minimum absolute atomic E-state index is 0.0550. The number of aromatic nitrogens is 2. The van der Waals surface area contributed by atoms with Crippen molar-refractivity contribution in [3.8, 4) is 0 Å². The van der Waals surface area contributed by atoms with E-state index in [2.05, 4.69) is 23.9 Å². The first-order valence-electron chi connectivity index (χ1n) is 7.32. The van der Waals surface area contributed by atoms with Crippen LogP contribution in [-0.4, -0.2) is 33.8 Å². The summed E-state index contributed by atoms with van der Waals surface area (Å²) in [6.07, 6.45) is 5.44. The molecule has 6 heteroatoms. The van der Waals surface area contributed by atoms with Crippen molar-refractivity contribution in [3.63, 3.8) is 0 Å². The van der Waals surface area contributed by atoms with E-state index < -0.39 is 0 Å². The van der Waals surface area contributed by atoms with Crippen molar-refractivity contribution in [2.45, 2.75) is 20.0 Å². The molecule has 2 aromatic rings. The van der Waals surface area contributed by atoms with Crippen molar-refractivity contribution < 1.29 is 4.79 Å². The number of rotatable bonds is 8. The number of hydrogen-bond acceptors (Lipinski definition) is 3. The first-order chi connectivity index (χ1) is 10.7. The Morgan fingerprint density at radius 2 is 2.45 bits per heavy atom. The summed E-state index contributed by atoms with van der Waals surface area (Å²) < 4.78 is 1.88.